The SMILES string of the molecule is Cc1ccc(Cl)cc1S(=O)(=O)Nc1ccncc1. The molecular weight excluding hydrogens is 272 g/mol. The molecule has 0 radical (unpaired) electrons. The lowest BCUT2D eigenvalue weighted by Gasteiger charge is -2.10. The van der Waals surface area contributed by atoms with Gasteiger partial charge in [0.05, 0.1) is 10.6 Å². The van der Waals surface area contributed by atoms with E-state index >= 15 is 0 Å². The Bertz CT molecular complexity index is 657. The van der Waals surface area contributed by atoms with Gasteiger partial charge in [-0.3, -0.25) is 9.71 Å². The fourth-order valence-electron chi connectivity index (χ4n) is 1.49. The van der Waals surface area contributed by atoms with Crippen LogP contribution in [0.15, 0.2) is 47.6 Å². The topological polar surface area (TPSA) is 59.1 Å². The summed E-state index contributed by atoms with van der Waals surface area (Å²) in [6.45, 7) is 1.72. The Labute approximate surface area is 111 Å². The predicted molar refractivity (Wildman–Crippen MR) is 71.2 cm³/mol. The number of anilines is 1. The van der Waals surface area contributed by atoms with E-state index in [0.717, 1.165) is 0 Å². The molecule has 0 saturated carbocycles. The molecule has 0 amide bonds. The lowest BCUT2D eigenvalue weighted by molar-refractivity contribution is 0.600. The molecule has 1 heterocycles. The monoisotopic (exact) mass is 282 g/mol. The number of aromatic nitrogens is 1. The van der Waals surface area contributed by atoms with Crippen molar-refractivity contribution in [3.8, 4) is 0 Å². The second kappa shape index (κ2) is 4.96. The molecule has 0 saturated heterocycles. The summed E-state index contributed by atoms with van der Waals surface area (Å²) in [4.78, 5) is 4.00. The fourth-order valence-corrected chi connectivity index (χ4v) is 3.06. The van der Waals surface area contributed by atoms with Crippen LogP contribution in [0.1, 0.15) is 5.56 Å². The average molecular weight is 283 g/mol. The van der Waals surface area contributed by atoms with Crippen LogP contribution in [0.4, 0.5) is 5.69 Å². The number of nitrogens with one attached hydrogen (secondary N) is 1. The number of pyridine rings is 1. The predicted octanol–water partition coefficient (Wildman–Crippen LogP) is 2.84. The van der Waals surface area contributed by atoms with Crippen LogP contribution in [-0.4, -0.2) is 13.4 Å². The highest BCUT2D eigenvalue weighted by atomic mass is 35.5. The maximum atomic E-state index is 12.2. The van der Waals surface area contributed by atoms with Crippen LogP contribution >= 0.6 is 11.6 Å². The molecule has 0 aliphatic carbocycles. The first kappa shape index (κ1) is 12.9. The number of halogens is 1. The first-order valence-electron chi connectivity index (χ1n) is 5.18. The van der Waals surface area contributed by atoms with Crippen LogP contribution in [0, 0.1) is 6.92 Å². The number of hydrogen-bond acceptors (Lipinski definition) is 3. The third-order valence-corrected chi connectivity index (χ3v) is 4.13. The Morgan fingerprint density at radius 2 is 1.83 bits per heavy atom. The Morgan fingerprint density at radius 1 is 1.17 bits per heavy atom. The van der Waals surface area contributed by atoms with Gasteiger partial charge in [0.2, 0.25) is 0 Å². The van der Waals surface area contributed by atoms with Crippen LogP contribution < -0.4 is 4.72 Å². The molecule has 6 heteroatoms. The molecule has 18 heavy (non-hydrogen) atoms. The van der Waals surface area contributed by atoms with Gasteiger partial charge in [0.25, 0.3) is 10.0 Å². The lowest BCUT2D eigenvalue weighted by atomic mass is 10.2. The van der Waals surface area contributed by atoms with Crippen molar-refractivity contribution in [1.82, 2.24) is 4.98 Å². The summed E-state index contributed by atoms with van der Waals surface area (Å²) in [5.74, 6) is 0. The highest BCUT2D eigenvalue weighted by Gasteiger charge is 2.17. The number of sulfonamides is 1. The zero-order valence-electron chi connectivity index (χ0n) is 9.59. The summed E-state index contributed by atoms with van der Waals surface area (Å²) >= 11 is 5.82. The van der Waals surface area contributed by atoms with Gasteiger partial charge in [-0.2, -0.15) is 0 Å². The summed E-state index contributed by atoms with van der Waals surface area (Å²) in [6, 6.07) is 7.92. The Morgan fingerprint density at radius 3 is 2.50 bits per heavy atom. The molecule has 4 nitrogen and oxygen atoms in total. The molecule has 0 bridgehead atoms. The van der Waals surface area contributed by atoms with Crippen molar-refractivity contribution in [2.75, 3.05) is 4.72 Å². The largest absolute Gasteiger partial charge is 0.280 e. The molecule has 0 atom stereocenters. The second-order valence-corrected chi connectivity index (χ2v) is 5.84. The highest BCUT2D eigenvalue weighted by molar-refractivity contribution is 7.92. The van der Waals surface area contributed by atoms with Crippen molar-refractivity contribution < 1.29 is 8.42 Å². The van der Waals surface area contributed by atoms with Crippen molar-refractivity contribution in [2.45, 2.75) is 11.8 Å². The maximum absolute atomic E-state index is 12.2. The van der Waals surface area contributed by atoms with Crippen LogP contribution in [0.3, 0.4) is 0 Å². The standard InChI is InChI=1S/C12H11ClN2O2S/c1-9-2-3-10(13)8-12(9)18(16,17)15-11-4-6-14-7-5-11/h2-8H,1H3,(H,14,15). The fraction of sp³-hybridized carbons (Fsp3) is 0.0833. The van der Waals surface area contributed by atoms with Gasteiger partial charge in [-0.05, 0) is 36.8 Å². The third kappa shape index (κ3) is 2.80. The van der Waals surface area contributed by atoms with Crippen molar-refractivity contribution >= 4 is 27.3 Å². The van der Waals surface area contributed by atoms with Crippen LogP contribution in [0.5, 0.6) is 0 Å². The Hall–Kier alpha value is -1.59. The molecule has 0 fully saturated rings. The minimum absolute atomic E-state index is 0.173. The third-order valence-electron chi connectivity index (χ3n) is 2.37. The van der Waals surface area contributed by atoms with Gasteiger partial charge in [-0.25, -0.2) is 8.42 Å². The summed E-state index contributed by atoms with van der Waals surface area (Å²) < 4.78 is 26.8. The average Bonchev–Trinajstić information content (AvgIpc) is 2.33. The van der Waals surface area contributed by atoms with Gasteiger partial charge >= 0.3 is 0 Å². The Kier molecular flexibility index (Phi) is 3.54. The summed E-state index contributed by atoms with van der Waals surface area (Å²) in [7, 11) is -3.63. The van der Waals surface area contributed by atoms with Gasteiger partial charge in [0.15, 0.2) is 0 Å². The highest BCUT2D eigenvalue weighted by Crippen LogP contribution is 2.22. The molecule has 0 unspecified atom stereocenters. The quantitative estimate of drug-likeness (QED) is 0.942. The van der Waals surface area contributed by atoms with Gasteiger partial charge in [0.1, 0.15) is 0 Å². The minimum Gasteiger partial charge on any atom is -0.280 e. The van der Waals surface area contributed by atoms with E-state index in [2.05, 4.69) is 9.71 Å². The number of benzene rings is 1. The van der Waals surface area contributed by atoms with E-state index in [4.69, 9.17) is 11.6 Å². The van der Waals surface area contributed by atoms with Crippen molar-refractivity contribution in [3.05, 3.63) is 53.3 Å². The van der Waals surface area contributed by atoms with Gasteiger partial charge in [0, 0.05) is 17.4 Å². The normalized spacial score (nSPS) is 11.2. The van der Waals surface area contributed by atoms with Crippen LogP contribution in [0.2, 0.25) is 5.02 Å². The van der Waals surface area contributed by atoms with Crippen molar-refractivity contribution in [3.63, 3.8) is 0 Å². The molecule has 1 aromatic carbocycles. The maximum Gasteiger partial charge on any atom is 0.262 e. The van der Waals surface area contributed by atoms with Crippen molar-refractivity contribution in [1.29, 1.82) is 0 Å². The molecule has 0 aliphatic heterocycles. The molecule has 2 aromatic rings. The summed E-state index contributed by atoms with van der Waals surface area (Å²) in [5.41, 5.74) is 1.10. The molecule has 2 rings (SSSR count). The first-order chi connectivity index (χ1) is 8.49. The number of hydrogen-bond donors (Lipinski definition) is 1. The first-order valence-corrected chi connectivity index (χ1v) is 7.04. The number of aryl methyl sites for hydroxylation is 1. The van der Waals surface area contributed by atoms with Crippen LogP contribution in [0.25, 0.3) is 0 Å². The summed E-state index contributed by atoms with van der Waals surface area (Å²) in [5, 5.41) is 0.385. The molecular formula is C12H11ClN2O2S. The zero-order valence-corrected chi connectivity index (χ0v) is 11.2. The number of rotatable bonds is 3. The van der Waals surface area contributed by atoms with Crippen LogP contribution in [-0.2, 0) is 10.0 Å². The van der Waals surface area contributed by atoms with E-state index in [0.29, 0.717) is 16.3 Å². The van der Waals surface area contributed by atoms with E-state index in [1.54, 1.807) is 31.2 Å². The van der Waals surface area contributed by atoms with E-state index in [9.17, 15) is 8.42 Å². The number of nitrogens with zero attached hydrogens (tertiary/aromatic N) is 1. The zero-order chi connectivity index (χ0) is 13.2. The second-order valence-electron chi connectivity index (χ2n) is 3.75. The smallest absolute Gasteiger partial charge is 0.262 e. The minimum atomic E-state index is -3.63. The molecule has 0 aliphatic rings. The molecule has 94 valence electrons. The molecule has 1 N–H and O–H groups in total. The van der Waals surface area contributed by atoms with Crippen molar-refractivity contribution in [2.24, 2.45) is 0 Å². The van der Waals surface area contributed by atoms with E-state index in [1.165, 1.54) is 18.5 Å². The molecule has 0 spiro atoms. The summed E-state index contributed by atoms with van der Waals surface area (Å²) in [6.07, 6.45) is 3.03. The lowest BCUT2D eigenvalue weighted by Crippen LogP contribution is -2.14. The van der Waals surface area contributed by atoms with E-state index < -0.39 is 10.0 Å². The van der Waals surface area contributed by atoms with E-state index in [-0.39, 0.29) is 4.90 Å². The van der Waals surface area contributed by atoms with Gasteiger partial charge < -0.3 is 0 Å². The molecule has 1 aromatic heterocycles. The van der Waals surface area contributed by atoms with Gasteiger partial charge in [-0.15, -0.1) is 0 Å². The van der Waals surface area contributed by atoms with E-state index in [1.807, 2.05) is 0 Å². The van der Waals surface area contributed by atoms with Gasteiger partial charge in [-0.1, -0.05) is 17.7 Å². The Balaban J connectivity index is 2.40.